The number of anilines is 2. The van der Waals surface area contributed by atoms with Gasteiger partial charge in [-0.25, -0.2) is 0 Å². The van der Waals surface area contributed by atoms with E-state index >= 15 is 0 Å². The van der Waals surface area contributed by atoms with Gasteiger partial charge in [-0.05, 0) is 68.4 Å². The third-order valence-corrected chi connectivity index (χ3v) is 4.59. The highest BCUT2D eigenvalue weighted by Gasteiger charge is 2.15. The Morgan fingerprint density at radius 3 is 1.84 bits per heavy atom. The van der Waals surface area contributed by atoms with E-state index in [0.717, 1.165) is 0 Å². The lowest BCUT2D eigenvalue weighted by Crippen LogP contribution is -2.17. The van der Waals surface area contributed by atoms with Gasteiger partial charge in [0.25, 0.3) is 11.8 Å². The molecule has 31 heavy (non-hydrogen) atoms. The second-order valence-electron chi connectivity index (χ2n) is 6.49. The van der Waals surface area contributed by atoms with E-state index in [1.165, 1.54) is 0 Å². The minimum atomic E-state index is -0.336. The average molecular weight is 439 g/mol. The summed E-state index contributed by atoms with van der Waals surface area (Å²) in [5.41, 5.74) is 1.82. The van der Waals surface area contributed by atoms with Gasteiger partial charge in [0, 0.05) is 16.1 Å². The van der Waals surface area contributed by atoms with Crippen LogP contribution in [0.15, 0.2) is 66.7 Å². The lowest BCUT2D eigenvalue weighted by atomic mass is 10.1. The van der Waals surface area contributed by atoms with Gasteiger partial charge in [-0.2, -0.15) is 0 Å². The Balaban J connectivity index is 1.78. The number of para-hydroxylation sites is 2. The van der Waals surface area contributed by atoms with Crippen molar-refractivity contribution in [3.8, 4) is 11.5 Å². The van der Waals surface area contributed by atoms with E-state index in [9.17, 15) is 9.59 Å². The maximum absolute atomic E-state index is 12.9. The SMILES string of the molecule is CCOc1ccc(C(=O)Nc2ccccc2NC(=O)c2ccc(Cl)cc2)cc1OCC. The van der Waals surface area contributed by atoms with Crippen LogP contribution in [0, 0.1) is 0 Å². The van der Waals surface area contributed by atoms with Crippen molar-refractivity contribution in [2.75, 3.05) is 23.8 Å². The smallest absolute Gasteiger partial charge is 0.255 e. The summed E-state index contributed by atoms with van der Waals surface area (Å²) in [5, 5.41) is 6.21. The lowest BCUT2D eigenvalue weighted by molar-refractivity contribution is 0.101. The topological polar surface area (TPSA) is 76.7 Å². The van der Waals surface area contributed by atoms with Gasteiger partial charge in [-0.3, -0.25) is 9.59 Å². The van der Waals surface area contributed by atoms with Crippen LogP contribution in [0.5, 0.6) is 11.5 Å². The molecule has 2 amide bonds. The number of benzene rings is 3. The third-order valence-electron chi connectivity index (χ3n) is 4.34. The van der Waals surface area contributed by atoms with Crippen molar-refractivity contribution in [1.29, 1.82) is 0 Å². The average Bonchev–Trinajstić information content (AvgIpc) is 2.77. The molecule has 0 heterocycles. The number of carbonyl (C=O) groups is 2. The first kappa shape index (κ1) is 22.2. The number of hydrogen-bond donors (Lipinski definition) is 2. The second kappa shape index (κ2) is 10.5. The first-order valence-electron chi connectivity index (χ1n) is 9.88. The Bertz CT molecular complexity index is 1070. The quantitative estimate of drug-likeness (QED) is 0.477. The summed E-state index contributed by atoms with van der Waals surface area (Å²) in [4.78, 5) is 25.4. The van der Waals surface area contributed by atoms with Crippen molar-refractivity contribution in [1.82, 2.24) is 0 Å². The Hall–Kier alpha value is -3.51. The van der Waals surface area contributed by atoms with Gasteiger partial charge in [0.15, 0.2) is 11.5 Å². The first-order valence-corrected chi connectivity index (χ1v) is 10.3. The Kier molecular flexibility index (Phi) is 7.51. The Morgan fingerprint density at radius 1 is 0.742 bits per heavy atom. The van der Waals surface area contributed by atoms with Crippen molar-refractivity contribution >= 4 is 34.8 Å². The molecule has 0 fully saturated rings. The third kappa shape index (κ3) is 5.77. The fourth-order valence-electron chi connectivity index (χ4n) is 2.88. The largest absolute Gasteiger partial charge is 0.490 e. The molecule has 0 atom stereocenters. The predicted octanol–water partition coefficient (Wildman–Crippen LogP) is 5.64. The summed E-state index contributed by atoms with van der Waals surface area (Å²) in [5.74, 6) is 0.438. The number of halogens is 1. The molecule has 0 aliphatic heterocycles. The molecule has 0 saturated heterocycles. The minimum absolute atomic E-state index is 0.307. The van der Waals surface area contributed by atoms with Crippen LogP contribution in [-0.2, 0) is 0 Å². The molecule has 0 aliphatic carbocycles. The van der Waals surface area contributed by atoms with Crippen LogP contribution in [0.1, 0.15) is 34.6 Å². The number of nitrogens with one attached hydrogen (secondary N) is 2. The van der Waals surface area contributed by atoms with Gasteiger partial charge in [0.05, 0.1) is 24.6 Å². The molecule has 0 unspecified atom stereocenters. The predicted molar refractivity (Wildman–Crippen MR) is 123 cm³/mol. The van der Waals surface area contributed by atoms with Gasteiger partial charge in [0.2, 0.25) is 0 Å². The molecule has 2 N–H and O–H groups in total. The molecule has 0 saturated carbocycles. The molecule has 0 aromatic heterocycles. The van der Waals surface area contributed by atoms with E-state index in [2.05, 4.69) is 10.6 Å². The maximum Gasteiger partial charge on any atom is 0.255 e. The van der Waals surface area contributed by atoms with Crippen LogP contribution >= 0.6 is 11.6 Å². The molecule has 3 aromatic carbocycles. The zero-order valence-electron chi connectivity index (χ0n) is 17.3. The zero-order valence-corrected chi connectivity index (χ0v) is 18.0. The summed E-state index contributed by atoms with van der Waals surface area (Å²) in [6, 6.07) is 18.5. The van der Waals surface area contributed by atoms with Crippen LogP contribution in [0.4, 0.5) is 11.4 Å². The van der Waals surface area contributed by atoms with E-state index in [-0.39, 0.29) is 11.8 Å². The monoisotopic (exact) mass is 438 g/mol. The van der Waals surface area contributed by atoms with Crippen molar-refractivity contribution in [3.05, 3.63) is 82.9 Å². The number of ether oxygens (including phenoxy) is 2. The molecule has 7 heteroatoms. The molecule has 0 spiro atoms. The molecule has 0 radical (unpaired) electrons. The first-order chi connectivity index (χ1) is 15.0. The fraction of sp³-hybridized carbons (Fsp3) is 0.167. The molecular weight excluding hydrogens is 416 g/mol. The van der Waals surface area contributed by atoms with Crippen LogP contribution in [0.25, 0.3) is 0 Å². The van der Waals surface area contributed by atoms with Crippen LogP contribution < -0.4 is 20.1 Å². The molecular formula is C24H23ClN2O4. The van der Waals surface area contributed by atoms with Gasteiger partial charge >= 0.3 is 0 Å². The zero-order chi connectivity index (χ0) is 22.2. The van der Waals surface area contributed by atoms with Crippen molar-refractivity contribution < 1.29 is 19.1 Å². The minimum Gasteiger partial charge on any atom is -0.490 e. The van der Waals surface area contributed by atoms with E-state index in [0.29, 0.717) is 52.2 Å². The second-order valence-corrected chi connectivity index (χ2v) is 6.92. The molecule has 0 aliphatic rings. The van der Waals surface area contributed by atoms with Crippen LogP contribution in [0.2, 0.25) is 5.02 Å². The summed E-state index contributed by atoms with van der Waals surface area (Å²) in [6.07, 6.45) is 0. The molecule has 0 bridgehead atoms. The highest BCUT2D eigenvalue weighted by Crippen LogP contribution is 2.29. The van der Waals surface area contributed by atoms with E-state index in [1.807, 2.05) is 13.8 Å². The fourth-order valence-corrected chi connectivity index (χ4v) is 3.01. The van der Waals surface area contributed by atoms with E-state index in [4.69, 9.17) is 21.1 Å². The normalized spacial score (nSPS) is 10.3. The highest BCUT2D eigenvalue weighted by atomic mass is 35.5. The lowest BCUT2D eigenvalue weighted by Gasteiger charge is -2.14. The molecule has 160 valence electrons. The summed E-state index contributed by atoms with van der Waals surface area (Å²) in [6.45, 7) is 4.69. The number of hydrogen-bond acceptors (Lipinski definition) is 4. The number of carbonyl (C=O) groups excluding carboxylic acids is 2. The van der Waals surface area contributed by atoms with Gasteiger partial charge < -0.3 is 20.1 Å². The van der Waals surface area contributed by atoms with Crippen molar-refractivity contribution in [3.63, 3.8) is 0 Å². The Morgan fingerprint density at radius 2 is 1.26 bits per heavy atom. The standard InChI is InChI=1S/C24H23ClN2O4/c1-3-30-21-14-11-17(15-22(21)31-4-2)24(29)27-20-8-6-5-7-19(20)26-23(28)16-9-12-18(25)13-10-16/h5-15H,3-4H2,1-2H3,(H,26,28)(H,27,29). The van der Waals surface area contributed by atoms with E-state index < -0.39 is 0 Å². The van der Waals surface area contributed by atoms with Gasteiger partial charge in [0.1, 0.15) is 0 Å². The number of amides is 2. The maximum atomic E-state index is 12.9. The van der Waals surface area contributed by atoms with Crippen LogP contribution in [-0.4, -0.2) is 25.0 Å². The summed E-state index contributed by atoms with van der Waals surface area (Å²) in [7, 11) is 0. The molecule has 3 aromatic rings. The van der Waals surface area contributed by atoms with Crippen LogP contribution in [0.3, 0.4) is 0 Å². The van der Waals surface area contributed by atoms with Gasteiger partial charge in [-0.15, -0.1) is 0 Å². The Labute approximate surface area is 186 Å². The molecule has 3 rings (SSSR count). The van der Waals surface area contributed by atoms with Crippen molar-refractivity contribution in [2.45, 2.75) is 13.8 Å². The van der Waals surface area contributed by atoms with Gasteiger partial charge in [-0.1, -0.05) is 23.7 Å². The van der Waals surface area contributed by atoms with E-state index in [1.54, 1.807) is 66.7 Å². The highest BCUT2D eigenvalue weighted by molar-refractivity contribution is 6.30. The summed E-state index contributed by atoms with van der Waals surface area (Å²) < 4.78 is 11.1. The van der Waals surface area contributed by atoms with Crippen molar-refractivity contribution in [2.24, 2.45) is 0 Å². The summed E-state index contributed by atoms with van der Waals surface area (Å²) >= 11 is 5.88. The number of rotatable bonds is 8. The molecule has 6 nitrogen and oxygen atoms in total.